The Bertz CT molecular complexity index is 714. The van der Waals surface area contributed by atoms with Crippen molar-refractivity contribution < 1.29 is 14.3 Å². The van der Waals surface area contributed by atoms with Crippen LogP contribution in [0.25, 0.3) is 0 Å². The smallest absolute Gasteiger partial charge is 0.230 e. The average Bonchev–Trinajstić information content (AvgIpc) is 2.66. The summed E-state index contributed by atoms with van der Waals surface area (Å²) in [4.78, 5) is 12.0. The van der Waals surface area contributed by atoms with Crippen LogP contribution in [-0.2, 0) is 17.1 Å². The summed E-state index contributed by atoms with van der Waals surface area (Å²) in [6.07, 6.45) is 0. The molecule has 0 atom stereocenters. The Morgan fingerprint density at radius 1 is 1.00 bits per heavy atom. The van der Waals surface area contributed by atoms with Crippen molar-refractivity contribution in [1.82, 2.24) is 5.32 Å². The molecule has 0 heterocycles. The zero-order valence-corrected chi connectivity index (χ0v) is 16.7. The molecule has 1 N–H and O–H groups in total. The second kappa shape index (κ2) is 10.1. The Balaban J connectivity index is 1.75. The van der Waals surface area contributed by atoms with Crippen molar-refractivity contribution in [2.45, 2.75) is 32.1 Å². The van der Waals surface area contributed by atoms with Gasteiger partial charge in [-0.05, 0) is 34.7 Å². The van der Waals surface area contributed by atoms with Gasteiger partial charge in [-0.2, -0.15) is 0 Å². The molecule has 0 saturated heterocycles. The summed E-state index contributed by atoms with van der Waals surface area (Å²) < 4.78 is 10.5. The van der Waals surface area contributed by atoms with Crippen LogP contribution >= 0.6 is 11.8 Å². The predicted molar refractivity (Wildman–Crippen MR) is 108 cm³/mol. The largest absolute Gasteiger partial charge is 0.493 e. The second-order valence-corrected chi connectivity index (χ2v) is 7.34. The maximum absolute atomic E-state index is 12.0. The molecule has 0 aliphatic carbocycles. The first-order chi connectivity index (χ1) is 12.5. The van der Waals surface area contributed by atoms with E-state index < -0.39 is 0 Å². The molecular formula is C21H27NO3S. The van der Waals surface area contributed by atoms with E-state index in [1.807, 2.05) is 18.2 Å². The lowest BCUT2D eigenvalue weighted by Crippen LogP contribution is -2.24. The van der Waals surface area contributed by atoms with Crippen LogP contribution < -0.4 is 14.8 Å². The minimum absolute atomic E-state index is 0.0311. The van der Waals surface area contributed by atoms with Crippen LogP contribution in [0.5, 0.6) is 11.5 Å². The number of hydrogen-bond acceptors (Lipinski definition) is 4. The summed E-state index contributed by atoms with van der Waals surface area (Å²) in [5, 5.41) is 2.94. The summed E-state index contributed by atoms with van der Waals surface area (Å²) in [5.74, 6) is 3.20. The summed E-state index contributed by atoms with van der Waals surface area (Å²) in [6.45, 7) is 4.85. The topological polar surface area (TPSA) is 47.6 Å². The van der Waals surface area contributed by atoms with Gasteiger partial charge in [0.05, 0.1) is 20.0 Å². The highest BCUT2D eigenvalue weighted by Gasteiger charge is 2.07. The molecule has 5 heteroatoms. The summed E-state index contributed by atoms with van der Waals surface area (Å²) in [5.41, 5.74) is 3.56. The number of benzene rings is 2. The predicted octanol–water partition coefficient (Wildman–Crippen LogP) is 4.38. The van der Waals surface area contributed by atoms with E-state index in [1.54, 1.807) is 26.0 Å². The highest BCUT2D eigenvalue weighted by Crippen LogP contribution is 2.27. The van der Waals surface area contributed by atoms with Crippen molar-refractivity contribution >= 4 is 17.7 Å². The summed E-state index contributed by atoms with van der Waals surface area (Å²) in [7, 11) is 3.21. The summed E-state index contributed by atoms with van der Waals surface area (Å²) in [6, 6.07) is 14.3. The molecular weight excluding hydrogens is 346 g/mol. The van der Waals surface area contributed by atoms with Gasteiger partial charge in [0.2, 0.25) is 5.91 Å². The van der Waals surface area contributed by atoms with Gasteiger partial charge in [0.25, 0.3) is 0 Å². The monoisotopic (exact) mass is 373 g/mol. The van der Waals surface area contributed by atoms with E-state index in [9.17, 15) is 4.79 Å². The second-order valence-electron chi connectivity index (χ2n) is 6.36. The van der Waals surface area contributed by atoms with Gasteiger partial charge in [0.15, 0.2) is 11.5 Å². The molecule has 0 fully saturated rings. The first kappa shape index (κ1) is 20.2. The van der Waals surface area contributed by atoms with Crippen molar-refractivity contribution in [2.24, 2.45) is 0 Å². The van der Waals surface area contributed by atoms with Gasteiger partial charge in [0, 0.05) is 12.3 Å². The fourth-order valence-electron chi connectivity index (χ4n) is 2.50. The molecule has 2 aromatic carbocycles. The molecule has 1 amide bonds. The molecule has 4 nitrogen and oxygen atoms in total. The van der Waals surface area contributed by atoms with Crippen LogP contribution in [0.4, 0.5) is 0 Å². The lowest BCUT2D eigenvalue weighted by molar-refractivity contribution is -0.118. The van der Waals surface area contributed by atoms with Gasteiger partial charge in [-0.25, -0.2) is 0 Å². The Morgan fingerprint density at radius 3 is 2.27 bits per heavy atom. The molecule has 140 valence electrons. The number of thioether (sulfide) groups is 1. The number of nitrogens with one attached hydrogen (secondary N) is 1. The molecule has 2 rings (SSSR count). The third-order valence-electron chi connectivity index (χ3n) is 4.09. The van der Waals surface area contributed by atoms with E-state index in [0.717, 1.165) is 11.3 Å². The standard InChI is InChI=1S/C21H27NO3S/c1-15(2)18-8-5-16(6-9-18)13-26-14-21(23)22-12-17-7-10-19(24-3)20(11-17)25-4/h5-11,15H,12-14H2,1-4H3,(H,22,23). The Kier molecular flexibility index (Phi) is 7.85. The van der Waals surface area contributed by atoms with E-state index in [-0.39, 0.29) is 5.91 Å². The first-order valence-electron chi connectivity index (χ1n) is 8.67. The lowest BCUT2D eigenvalue weighted by Gasteiger charge is -2.10. The van der Waals surface area contributed by atoms with Gasteiger partial charge in [0.1, 0.15) is 0 Å². The highest BCUT2D eigenvalue weighted by atomic mass is 32.2. The SMILES string of the molecule is COc1ccc(CNC(=O)CSCc2ccc(C(C)C)cc2)cc1OC. The van der Waals surface area contributed by atoms with Crippen LogP contribution in [0.2, 0.25) is 0 Å². The van der Waals surface area contributed by atoms with Crippen LogP contribution in [0, 0.1) is 0 Å². The number of carbonyl (C=O) groups is 1. The van der Waals surface area contributed by atoms with Gasteiger partial charge in [-0.1, -0.05) is 44.2 Å². The minimum Gasteiger partial charge on any atom is -0.493 e. The Hall–Kier alpha value is -2.14. The van der Waals surface area contributed by atoms with Gasteiger partial charge < -0.3 is 14.8 Å². The highest BCUT2D eigenvalue weighted by molar-refractivity contribution is 7.99. The average molecular weight is 374 g/mol. The fraction of sp³-hybridized carbons (Fsp3) is 0.381. The van der Waals surface area contributed by atoms with Crippen molar-refractivity contribution in [3.05, 3.63) is 59.2 Å². The van der Waals surface area contributed by atoms with E-state index in [2.05, 4.69) is 43.4 Å². The van der Waals surface area contributed by atoms with Crippen molar-refractivity contribution in [3.8, 4) is 11.5 Å². The van der Waals surface area contributed by atoms with Crippen LogP contribution in [-0.4, -0.2) is 25.9 Å². The third-order valence-corrected chi connectivity index (χ3v) is 5.09. The Labute approximate surface area is 160 Å². The van der Waals surface area contributed by atoms with Crippen LogP contribution in [0.15, 0.2) is 42.5 Å². The molecule has 0 unspecified atom stereocenters. The summed E-state index contributed by atoms with van der Waals surface area (Å²) >= 11 is 1.62. The number of carbonyl (C=O) groups excluding carboxylic acids is 1. The van der Waals surface area contributed by atoms with E-state index >= 15 is 0 Å². The van der Waals surface area contributed by atoms with Crippen LogP contribution in [0.3, 0.4) is 0 Å². The molecule has 26 heavy (non-hydrogen) atoms. The van der Waals surface area contributed by atoms with Crippen molar-refractivity contribution in [2.75, 3.05) is 20.0 Å². The number of rotatable bonds is 9. The molecule has 0 radical (unpaired) electrons. The normalized spacial score (nSPS) is 10.7. The molecule has 0 bridgehead atoms. The molecule has 0 aromatic heterocycles. The molecule has 2 aromatic rings. The van der Waals surface area contributed by atoms with Gasteiger partial charge in [-0.3, -0.25) is 4.79 Å². The molecule has 0 aliphatic rings. The maximum atomic E-state index is 12.0. The molecule has 0 saturated carbocycles. The first-order valence-corrected chi connectivity index (χ1v) is 9.83. The number of ether oxygens (including phenoxy) is 2. The van der Waals surface area contributed by atoms with Crippen molar-refractivity contribution in [3.63, 3.8) is 0 Å². The zero-order chi connectivity index (χ0) is 18.9. The van der Waals surface area contributed by atoms with Gasteiger partial charge >= 0.3 is 0 Å². The number of methoxy groups -OCH3 is 2. The maximum Gasteiger partial charge on any atom is 0.230 e. The van der Waals surface area contributed by atoms with E-state index in [4.69, 9.17) is 9.47 Å². The van der Waals surface area contributed by atoms with Gasteiger partial charge in [-0.15, -0.1) is 11.8 Å². The third kappa shape index (κ3) is 5.99. The minimum atomic E-state index is 0.0311. The number of amides is 1. The lowest BCUT2D eigenvalue weighted by atomic mass is 10.0. The fourth-order valence-corrected chi connectivity index (χ4v) is 3.32. The zero-order valence-electron chi connectivity index (χ0n) is 15.9. The number of hydrogen-bond donors (Lipinski definition) is 1. The van der Waals surface area contributed by atoms with Crippen molar-refractivity contribution in [1.29, 1.82) is 0 Å². The Morgan fingerprint density at radius 2 is 1.65 bits per heavy atom. The molecule has 0 aliphatic heterocycles. The van der Waals surface area contributed by atoms with E-state index in [0.29, 0.717) is 29.7 Å². The molecule has 0 spiro atoms. The quantitative estimate of drug-likeness (QED) is 0.709. The van der Waals surface area contributed by atoms with E-state index in [1.165, 1.54) is 11.1 Å². The van der Waals surface area contributed by atoms with Crippen LogP contribution in [0.1, 0.15) is 36.5 Å².